The topological polar surface area (TPSA) is 81.1 Å². The maximum absolute atomic E-state index is 10.9. The van der Waals surface area contributed by atoms with Crippen LogP contribution in [-0.2, 0) is 0 Å². The summed E-state index contributed by atoms with van der Waals surface area (Å²) >= 11 is 0. The molecule has 0 spiro atoms. The summed E-state index contributed by atoms with van der Waals surface area (Å²) in [6.07, 6.45) is 0. The number of primary amides is 1. The number of benzene rings is 1. The minimum atomic E-state index is -0.480. The zero-order chi connectivity index (χ0) is 9.14. The number of amides is 1. The van der Waals surface area contributed by atoms with Crippen LogP contribution in [0.1, 0.15) is 10.4 Å². The van der Waals surface area contributed by atoms with Crippen molar-refractivity contribution < 1.29 is 4.79 Å². The maximum atomic E-state index is 10.9. The van der Waals surface area contributed by atoms with Gasteiger partial charge in [0.15, 0.2) is 0 Å². The van der Waals surface area contributed by atoms with Gasteiger partial charge in [0.1, 0.15) is 0 Å². The van der Waals surface area contributed by atoms with Crippen molar-refractivity contribution in [3.8, 4) is 0 Å². The van der Waals surface area contributed by atoms with E-state index in [0.29, 0.717) is 16.9 Å². The van der Waals surface area contributed by atoms with Gasteiger partial charge in [-0.2, -0.15) is 0 Å². The Morgan fingerprint density at radius 3 is 2.67 bits per heavy atom. The van der Waals surface area contributed by atoms with E-state index in [9.17, 15) is 4.79 Å². The second kappa shape index (κ2) is 3.13. The highest BCUT2D eigenvalue weighted by atomic mass is 16.1. The number of hydrogen-bond donors (Lipinski definition) is 3. The Bertz CT molecular complexity index is 309. The van der Waals surface area contributed by atoms with Crippen molar-refractivity contribution in [3.63, 3.8) is 0 Å². The molecule has 0 heterocycles. The van der Waals surface area contributed by atoms with Gasteiger partial charge in [0.2, 0.25) is 0 Å². The molecule has 64 valence electrons. The summed E-state index contributed by atoms with van der Waals surface area (Å²) in [5, 5.41) is 2.85. The molecule has 0 aliphatic carbocycles. The summed E-state index contributed by atoms with van der Waals surface area (Å²) in [6, 6.07) is 4.97. The van der Waals surface area contributed by atoms with Crippen LogP contribution >= 0.6 is 0 Å². The second-order valence-electron chi connectivity index (χ2n) is 2.42. The predicted octanol–water partition coefficient (Wildman–Crippen LogP) is 0.409. The Morgan fingerprint density at radius 2 is 2.17 bits per heavy atom. The van der Waals surface area contributed by atoms with Crippen molar-refractivity contribution in [2.24, 2.45) is 5.73 Å². The molecule has 0 fully saturated rings. The number of nitrogens with one attached hydrogen (secondary N) is 1. The van der Waals surface area contributed by atoms with Crippen molar-refractivity contribution in [1.82, 2.24) is 0 Å². The fourth-order valence-electron chi connectivity index (χ4n) is 0.984. The zero-order valence-corrected chi connectivity index (χ0v) is 6.79. The highest BCUT2D eigenvalue weighted by Gasteiger charge is 2.06. The van der Waals surface area contributed by atoms with E-state index in [1.54, 1.807) is 25.2 Å². The molecule has 1 rings (SSSR count). The molecule has 0 radical (unpaired) electrons. The highest BCUT2D eigenvalue weighted by molar-refractivity contribution is 5.99. The summed E-state index contributed by atoms with van der Waals surface area (Å²) in [5.74, 6) is -0.480. The first kappa shape index (κ1) is 8.39. The molecule has 4 nitrogen and oxygen atoms in total. The van der Waals surface area contributed by atoms with Gasteiger partial charge in [0.05, 0.1) is 5.56 Å². The molecule has 0 saturated carbocycles. The molecule has 0 atom stereocenters. The van der Waals surface area contributed by atoms with E-state index in [2.05, 4.69) is 5.32 Å². The standard InChI is InChI=1S/C8H11N3O/c1-11-7-3-2-5(9)4-6(7)8(10)12/h2-4,11H,9H2,1H3,(H2,10,12). The van der Waals surface area contributed by atoms with E-state index in [0.717, 1.165) is 0 Å². The van der Waals surface area contributed by atoms with E-state index in [-0.39, 0.29) is 0 Å². The molecule has 0 saturated heterocycles. The van der Waals surface area contributed by atoms with Crippen molar-refractivity contribution in [3.05, 3.63) is 23.8 Å². The average molecular weight is 165 g/mol. The molecule has 1 aromatic carbocycles. The molecule has 0 unspecified atom stereocenters. The van der Waals surface area contributed by atoms with Crippen LogP contribution in [0, 0.1) is 0 Å². The molecule has 0 aromatic heterocycles. The van der Waals surface area contributed by atoms with Crippen molar-refractivity contribution in [2.45, 2.75) is 0 Å². The number of nitrogen functional groups attached to an aromatic ring is 1. The fraction of sp³-hybridized carbons (Fsp3) is 0.125. The Hall–Kier alpha value is -1.71. The average Bonchev–Trinajstić information content (AvgIpc) is 2.04. The molecule has 0 aliphatic heterocycles. The fourth-order valence-corrected chi connectivity index (χ4v) is 0.984. The third-order valence-electron chi connectivity index (χ3n) is 1.58. The number of nitrogens with two attached hydrogens (primary N) is 2. The predicted molar refractivity (Wildman–Crippen MR) is 48.9 cm³/mol. The third kappa shape index (κ3) is 1.47. The van der Waals surface area contributed by atoms with E-state index in [4.69, 9.17) is 11.5 Å². The van der Waals surface area contributed by atoms with Gasteiger partial charge < -0.3 is 16.8 Å². The largest absolute Gasteiger partial charge is 0.399 e. The van der Waals surface area contributed by atoms with E-state index < -0.39 is 5.91 Å². The lowest BCUT2D eigenvalue weighted by Crippen LogP contribution is -2.13. The lowest BCUT2D eigenvalue weighted by Gasteiger charge is -2.05. The van der Waals surface area contributed by atoms with Gasteiger partial charge in [-0.15, -0.1) is 0 Å². The molecule has 0 bridgehead atoms. The monoisotopic (exact) mass is 165 g/mol. The van der Waals surface area contributed by atoms with Crippen LogP contribution in [0.5, 0.6) is 0 Å². The molecule has 12 heavy (non-hydrogen) atoms. The number of anilines is 2. The van der Waals surface area contributed by atoms with Crippen molar-refractivity contribution in [1.29, 1.82) is 0 Å². The van der Waals surface area contributed by atoms with E-state index >= 15 is 0 Å². The van der Waals surface area contributed by atoms with Gasteiger partial charge in [0, 0.05) is 18.4 Å². The van der Waals surface area contributed by atoms with Gasteiger partial charge in [-0.25, -0.2) is 0 Å². The molecule has 0 aliphatic rings. The smallest absolute Gasteiger partial charge is 0.250 e. The Balaban J connectivity index is 3.21. The maximum Gasteiger partial charge on any atom is 0.250 e. The minimum absolute atomic E-state index is 0.414. The Labute approximate surface area is 70.6 Å². The van der Waals surface area contributed by atoms with E-state index in [1.807, 2.05) is 0 Å². The normalized spacial score (nSPS) is 9.42. The number of carbonyl (C=O) groups excluding carboxylic acids is 1. The third-order valence-corrected chi connectivity index (χ3v) is 1.58. The molecule has 4 heteroatoms. The van der Waals surface area contributed by atoms with Gasteiger partial charge in [-0.05, 0) is 18.2 Å². The first-order chi connectivity index (χ1) is 5.65. The zero-order valence-electron chi connectivity index (χ0n) is 6.79. The number of rotatable bonds is 2. The van der Waals surface area contributed by atoms with Crippen LogP contribution < -0.4 is 16.8 Å². The van der Waals surface area contributed by atoms with Gasteiger partial charge in [0.25, 0.3) is 5.91 Å². The quantitative estimate of drug-likeness (QED) is 0.555. The van der Waals surface area contributed by atoms with Crippen LogP contribution in [-0.4, -0.2) is 13.0 Å². The molecular formula is C8H11N3O. The van der Waals surface area contributed by atoms with Crippen LogP contribution in [0.15, 0.2) is 18.2 Å². The number of carbonyl (C=O) groups is 1. The van der Waals surface area contributed by atoms with Gasteiger partial charge >= 0.3 is 0 Å². The molecule has 1 amide bonds. The molecule has 5 N–H and O–H groups in total. The summed E-state index contributed by atoms with van der Waals surface area (Å²) in [5.41, 5.74) is 12.2. The first-order valence-corrected chi connectivity index (χ1v) is 3.52. The molecular weight excluding hydrogens is 154 g/mol. The minimum Gasteiger partial charge on any atom is -0.399 e. The second-order valence-corrected chi connectivity index (χ2v) is 2.42. The SMILES string of the molecule is CNc1ccc(N)cc1C(N)=O. The molecule has 1 aromatic rings. The summed E-state index contributed by atoms with van der Waals surface area (Å²) in [7, 11) is 1.72. The van der Waals surface area contributed by atoms with Gasteiger partial charge in [-0.3, -0.25) is 4.79 Å². The summed E-state index contributed by atoms with van der Waals surface area (Å²) in [4.78, 5) is 10.9. The van der Waals surface area contributed by atoms with E-state index in [1.165, 1.54) is 0 Å². The Morgan fingerprint density at radius 1 is 1.50 bits per heavy atom. The van der Waals surface area contributed by atoms with Crippen molar-refractivity contribution >= 4 is 17.3 Å². The van der Waals surface area contributed by atoms with Gasteiger partial charge in [-0.1, -0.05) is 0 Å². The number of hydrogen-bond acceptors (Lipinski definition) is 3. The first-order valence-electron chi connectivity index (χ1n) is 3.52. The summed E-state index contributed by atoms with van der Waals surface area (Å²) in [6.45, 7) is 0. The lowest BCUT2D eigenvalue weighted by atomic mass is 10.1. The summed E-state index contributed by atoms with van der Waals surface area (Å²) < 4.78 is 0. The van der Waals surface area contributed by atoms with Crippen LogP contribution in [0.3, 0.4) is 0 Å². The lowest BCUT2D eigenvalue weighted by molar-refractivity contribution is 0.100. The van der Waals surface area contributed by atoms with Crippen LogP contribution in [0.4, 0.5) is 11.4 Å². The Kier molecular flexibility index (Phi) is 2.19. The van der Waals surface area contributed by atoms with Crippen LogP contribution in [0.25, 0.3) is 0 Å². The van der Waals surface area contributed by atoms with Crippen LogP contribution in [0.2, 0.25) is 0 Å². The van der Waals surface area contributed by atoms with Crippen molar-refractivity contribution in [2.75, 3.05) is 18.1 Å². The highest BCUT2D eigenvalue weighted by Crippen LogP contribution is 2.17.